The van der Waals surface area contributed by atoms with E-state index in [0.29, 0.717) is 6.42 Å². The van der Waals surface area contributed by atoms with Crippen molar-refractivity contribution in [1.29, 1.82) is 0 Å². The topological polar surface area (TPSA) is 200 Å². The van der Waals surface area contributed by atoms with Crippen LogP contribution in [0.25, 0.3) is 0 Å². The third-order valence-electron chi connectivity index (χ3n) is 12.1. The average molecular weight is 776 g/mol. The molecular weight excluding hydrogens is 706 g/mol. The van der Waals surface area contributed by atoms with Gasteiger partial charge in [0.2, 0.25) is 0 Å². The number of hydrogen-bond acceptors (Lipinski definition) is 15. The molecule has 0 amide bonds. The van der Waals surface area contributed by atoms with E-state index >= 15 is 0 Å². The van der Waals surface area contributed by atoms with Crippen LogP contribution in [-0.2, 0) is 47.5 Å². The van der Waals surface area contributed by atoms with Crippen molar-refractivity contribution in [2.24, 2.45) is 23.7 Å². The zero-order valence-electron chi connectivity index (χ0n) is 34.8. The molecule has 3 aliphatic heterocycles. The number of carbonyl (C=O) groups excluding carboxylic acids is 3. The molecular formula is C39H69NO14. The molecule has 3 saturated heterocycles. The monoisotopic (exact) mass is 775 g/mol. The molecule has 314 valence electrons. The quantitative estimate of drug-likeness (QED) is 0.262. The summed E-state index contributed by atoms with van der Waals surface area (Å²) in [7, 11) is 5.19. The summed E-state index contributed by atoms with van der Waals surface area (Å²) < 4.78 is 43.3. The maximum atomic E-state index is 14.2. The number of aliphatic hydroxyl groups excluding tert-OH is 2. The first-order valence-electron chi connectivity index (χ1n) is 19.4. The van der Waals surface area contributed by atoms with Crippen molar-refractivity contribution in [1.82, 2.24) is 4.90 Å². The molecule has 3 fully saturated rings. The number of hydrogen-bond donors (Lipinski definition) is 4. The highest BCUT2D eigenvalue weighted by molar-refractivity contribution is 5.83. The van der Waals surface area contributed by atoms with Gasteiger partial charge < -0.3 is 58.5 Å². The first kappa shape index (κ1) is 46.6. The Bertz CT molecular complexity index is 1280. The maximum Gasteiger partial charge on any atom is 0.311 e. The lowest BCUT2D eigenvalue weighted by Crippen LogP contribution is -2.61. The summed E-state index contributed by atoms with van der Waals surface area (Å²) in [5, 5.41) is 46.5. The highest BCUT2D eigenvalue weighted by Gasteiger charge is 2.54. The molecule has 3 rings (SSSR count). The lowest BCUT2D eigenvalue weighted by molar-refractivity contribution is -0.318. The molecule has 0 aromatic carbocycles. The molecule has 0 aromatic rings. The van der Waals surface area contributed by atoms with Gasteiger partial charge in [-0.25, -0.2) is 0 Å². The van der Waals surface area contributed by atoms with Crippen molar-refractivity contribution >= 4 is 17.7 Å². The summed E-state index contributed by atoms with van der Waals surface area (Å²) in [6.07, 6.45) is -9.80. The Kier molecular flexibility index (Phi) is 15.7. The molecule has 0 spiro atoms. The van der Waals surface area contributed by atoms with E-state index in [2.05, 4.69) is 0 Å². The fraction of sp³-hybridized carbons (Fsp3) is 0.923. The van der Waals surface area contributed by atoms with E-state index < -0.39 is 114 Å². The second kappa shape index (κ2) is 18.2. The molecule has 3 heterocycles. The van der Waals surface area contributed by atoms with Gasteiger partial charge >= 0.3 is 11.9 Å². The molecule has 15 heteroatoms. The Hall–Kier alpha value is -1.79. The molecule has 15 nitrogen and oxygen atoms in total. The summed E-state index contributed by atoms with van der Waals surface area (Å²) in [6.45, 7) is 17.6. The molecule has 54 heavy (non-hydrogen) atoms. The van der Waals surface area contributed by atoms with Crippen LogP contribution < -0.4 is 0 Å². The number of esters is 2. The van der Waals surface area contributed by atoms with Crippen LogP contribution in [0, 0.1) is 23.7 Å². The lowest BCUT2D eigenvalue weighted by atomic mass is 9.74. The molecule has 0 bridgehead atoms. The highest BCUT2D eigenvalue weighted by atomic mass is 16.7. The summed E-state index contributed by atoms with van der Waals surface area (Å²) in [6, 6.07) is -0.320. The van der Waals surface area contributed by atoms with Gasteiger partial charge in [-0.1, -0.05) is 27.7 Å². The largest absolute Gasteiger partial charge is 0.459 e. The van der Waals surface area contributed by atoms with Crippen LogP contribution in [0.4, 0.5) is 0 Å². The number of carbonyl (C=O) groups is 3. The van der Waals surface area contributed by atoms with Crippen molar-refractivity contribution < 1.29 is 68.0 Å². The number of Topliss-reactive ketones (excluding diaryl/α,β-unsaturated/α-hetero) is 1. The fourth-order valence-electron chi connectivity index (χ4n) is 8.71. The van der Waals surface area contributed by atoms with Gasteiger partial charge in [-0.3, -0.25) is 14.4 Å². The van der Waals surface area contributed by atoms with Gasteiger partial charge in [0.1, 0.15) is 23.6 Å². The van der Waals surface area contributed by atoms with E-state index in [4.69, 9.17) is 33.2 Å². The molecule has 0 radical (unpaired) electrons. The van der Waals surface area contributed by atoms with Gasteiger partial charge in [-0.15, -0.1) is 0 Å². The third kappa shape index (κ3) is 10.2. The van der Waals surface area contributed by atoms with E-state index in [1.807, 2.05) is 25.9 Å². The normalized spacial score (nSPS) is 47.5. The Morgan fingerprint density at radius 1 is 0.907 bits per heavy atom. The first-order valence-corrected chi connectivity index (χ1v) is 19.4. The Morgan fingerprint density at radius 2 is 1.52 bits per heavy atom. The zero-order valence-corrected chi connectivity index (χ0v) is 34.8. The average Bonchev–Trinajstić information content (AvgIpc) is 3.08. The van der Waals surface area contributed by atoms with Crippen LogP contribution >= 0.6 is 0 Å². The van der Waals surface area contributed by atoms with Crippen LogP contribution in [-0.4, -0.2) is 149 Å². The van der Waals surface area contributed by atoms with Gasteiger partial charge in [0.05, 0.1) is 53.7 Å². The van der Waals surface area contributed by atoms with Crippen LogP contribution in [0.1, 0.15) is 102 Å². The SMILES string of the molecule is CC[C@H]1OC(=O)[C@H](C)[C@@H](OC2C[C@@](C)(OC)[C@@H](O)[C@H](C)O2)[C@H](C)[C@@H](OC2O[C@H](C)C[C@H](N(C)C)[C@H]2OC(C)=O)[C@](C)(O)C[C@@H](C)C(=O)[C@H](C)[C@@H](O)[C@]1(C)O. The predicted octanol–water partition coefficient (Wildman–Crippen LogP) is 2.36. The second-order valence-electron chi connectivity index (χ2n) is 17.1. The lowest BCUT2D eigenvalue weighted by Gasteiger charge is -2.49. The minimum atomic E-state index is -2.01. The predicted molar refractivity (Wildman–Crippen MR) is 196 cm³/mol. The molecule has 4 N–H and O–H groups in total. The van der Waals surface area contributed by atoms with Crippen LogP contribution in [0.5, 0.6) is 0 Å². The Morgan fingerprint density at radius 3 is 2.06 bits per heavy atom. The summed E-state index contributed by atoms with van der Waals surface area (Å²) in [4.78, 5) is 42.4. The number of rotatable bonds is 8. The van der Waals surface area contributed by atoms with Crippen molar-refractivity contribution in [3.05, 3.63) is 0 Å². The highest BCUT2D eigenvalue weighted by Crippen LogP contribution is 2.41. The van der Waals surface area contributed by atoms with Gasteiger partial charge in [0.15, 0.2) is 18.7 Å². The van der Waals surface area contributed by atoms with E-state index in [0.717, 1.165) is 0 Å². The second-order valence-corrected chi connectivity index (χ2v) is 17.1. The van der Waals surface area contributed by atoms with Crippen LogP contribution in [0.15, 0.2) is 0 Å². The molecule has 0 saturated carbocycles. The summed E-state index contributed by atoms with van der Waals surface area (Å²) in [5.74, 6) is -5.68. The number of ether oxygens (including phenoxy) is 7. The standard InChI is InChI=1S/C39H69NO14/c1-15-27-39(11,47)32(43)21(4)29(42)19(2)17-37(9,46)34(54-36-31(51-25(8)41)26(40(12)13)16-20(3)49-36)22(5)30(23(6)35(45)52-27)53-28-18-38(10,48-14)33(44)24(7)50-28/h19-24,26-28,30-34,36,43-44,46-47H,15-18H2,1-14H3/t19-,20-,21+,22+,23-,24+,26+,27-,28?,30+,31-,32-,33+,34-,36?,37-,38-,39-/m1/s1. The van der Waals surface area contributed by atoms with E-state index in [-0.39, 0.29) is 31.4 Å². The molecule has 3 aliphatic rings. The Labute approximate surface area is 321 Å². The summed E-state index contributed by atoms with van der Waals surface area (Å²) >= 11 is 0. The van der Waals surface area contributed by atoms with Crippen molar-refractivity contribution in [2.45, 2.75) is 186 Å². The van der Waals surface area contributed by atoms with Crippen LogP contribution in [0.2, 0.25) is 0 Å². The van der Waals surface area contributed by atoms with Gasteiger partial charge in [-0.05, 0) is 74.9 Å². The zero-order chi connectivity index (χ0) is 41.2. The fourth-order valence-corrected chi connectivity index (χ4v) is 8.71. The molecule has 0 aliphatic carbocycles. The van der Waals surface area contributed by atoms with Gasteiger partial charge in [-0.2, -0.15) is 0 Å². The minimum absolute atomic E-state index is 0.0755. The van der Waals surface area contributed by atoms with E-state index in [9.17, 15) is 34.8 Å². The minimum Gasteiger partial charge on any atom is -0.459 e. The number of nitrogens with zero attached hydrogens (tertiary/aromatic N) is 1. The molecule has 18 atom stereocenters. The number of cyclic esters (lactones) is 1. The smallest absolute Gasteiger partial charge is 0.311 e. The van der Waals surface area contributed by atoms with Crippen LogP contribution in [0.3, 0.4) is 0 Å². The third-order valence-corrected chi connectivity index (χ3v) is 12.1. The van der Waals surface area contributed by atoms with E-state index in [1.54, 1.807) is 41.5 Å². The van der Waals surface area contributed by atoms with E-state index in [1.165, 1.54) is 34.8 Å². The number of likely N-dealkylation sites (N-methyl/N-ethyl adjacent to an activating group) is 1. The number of ketones is 1. The first-order chi connectivity index (χ1) is 24.8. The molecule has 0 aromatic heterocycles. The van der Waals surface area contributed by atoms with Crippen molar-refractivity contribution in [3.63, 3.8) is 0 Å². The van der Waals surface area contributed by atoms with Gasteiger partial charge in [0, 0.05) is 38.2 Å². The summed E-state index contributed by atoms with van der Waals surface area (Å²) in [5.41, 5.74) is -4.92. The van der Waals surface area contributed by atoms with Crippen molar-refractivity contribution in [2.75, 3.05) is 21.2 Å². The maximum absolute atomic E-state index is 14.2. The number of aliphatic hydroxyl groups is 4. The van der Waals surface area contributed by atoms with Gasteiger partial charge in [0.25, 0.3) is 0 Å². The number of methoxy groups -OCH3 is 1. The Balaban J connectivity index is 2.23. The van der Waals surface area contributed by atoms with Crippen molar-refractivity contribution in [3.8, 4) is 0 Å². The molecule has 2 unspecified atom stereocenters.